The summed E-state index contributed by atoms with van der Waals surface area (Å²) < 4.78 is 13.9. The zero-order valence-corrected chi connectivity index (χ0v) is 13.8. The van der Waals surface area contributed by atoms with Crippen LogP contribution in [0.4, 0.5) is 4.39 Å². The molecule has 0 spiro atoms. The van der Waals surface area contributed by atoms with Crippen LogP contribution in [0, 0.1) is 5.82 Å². The standard InChI is InChI=1S/C16H9BrCl2FN/c17-10-3-6-14-12(8-10)15(18)13(16(19)21-14)7-9-1-4-11(20)5-2-9/h1-6,8H,7H2. The van der Waals surface area contributed by atoms with E-state index in [4.69, 9.17) is 23.2 Å². The van der Waals surface area contributed by atoms with Crippen LogP contribution in [0.5, 0.6) is 0 Å². The molecule has 0 aliphatic heterocycles. The van der Waals surface area contributed by atoms with Crippen LogP contribution in [0.1, 0.15) is 11.1 Å². The van der Waals surface area contributed by atoms with Crippen molar-refractivity contribution in [1.82, 2.24) is 4.98 Å². The predicted molar refractivity (Wildman–Crippen MR) is 88.7 cm³/mol. The molecular formula is C16H9BrCl2FN. The Bertz CT molecular complexity index is 819. The number of aromatic nitrogens is 1. The Morgan fingerprint density at radius 1 is 1.05 bits per heavy atom. The molecule has 0 saturated heterocycles. The summed E-state index contributed by atoms with van der Waals surface area (Å²) in [5.41, 5.74) is 2.42. The van der Waals surface area contributed by atoms with E-state index in [2.05, 4.69) is 20.9 Å². The molecule has 0 aliphatic carbocycles. The van der Waals surface area contributed by atoms with E-state index in [0.717, 1.165) is 26.5 Å². The van der Waals surface area contributed by atoms with Gasteiger partial charge in [-0.3, -0.25) is 0 Å². The number of benzene rings is 2. The summed E-state index contributed by atoms with van der Waals surface area (Å²) in [7, 11) is 0. The predicted octanol–water partition coefficient (Wildman–Crippen LogP) is 6.03. The van der Waals surface area contributed by atoms with Gasteiger partial charge in [0.15, 0.2) is 0 Å². The van der Waals surface area contributed by atoms with E-state index in [9.17, 15) is 4.39 Å². The molecule has 0 unspecified atom stereocenters. The second kappa shape index (κ2) is 5.91. The smallest absolute Gasteiger partial charge is 0.134 e. The number of hydrogen-bond acceptors (Lipinski definition) is 1. The normalized spacial score (nSPS) is 11.0. The number of halogens is 4. The molecule has 3 rings (SSSR count). The number of nitrogens with zero attached hydrogens (tertiary/aromatic N) is 1. The van der Waals surface area contributed by atoms with Gasteiger partial charge < -0.3 is 0 Å². The average molecular weight is 385 g/mol. The number of fused-ring (bicyclic) bond motifs is 1. The summed E-state index contributed by atoms with van der Waals surface area (Å²) in [6.07, 6.45) is 0.507. The van der Waals surface area contributed by atoms with Gasteiger partial charge >= 0.3 is 0 Å². The molecule has 0 aliphatic rings. The molecule has 1 heterocycles. The van der Waals surface area contributed by atoms with Crippen molar-refractivity contribution < 1.29 is 4.39 Å². The molecule has 0 bridgehead atoms. The molecule has 1 aromatic heterocycles. The van der Waals surface area contributed by atoms with Crippen molar-refractivity contribution in [3.63, 3.8) is 0 Å². The first-order chi connectivity index (χ1) is 10.0. The van der Waals surface area contributed by atoms with Crippen LogP contribution in [-0.2, 0) is 6.42 Å². The molecule has 5 heteroatoms. The third-order valence-electron chi connectivity index (χ3n) is 3.22. The van der Waals surface area contributed by atoms with E-state index in [1.54, 1.807) is 12.1 Å². The molecule has 1 nitrogen and oxygen atoms in total. The van der Waals surface area contributed by atoms with Gasteiger partial charge in [-0.2, -0.15) is 0 Å². The van der Waals surface area contributed by atoms with E-state index in [1.807, 2.05) is 18.2 Å². The van der Waals surface area contributed by atoms with Crippen LogP contribution in [-0.4, -0.2) is 4.98 Å². The van der Waals surface area contributed by atoms with Crippen molar-refractivity contribution in [2.24, 2.45) is 0 Å². The molecule has 0 fully saturated rings. The van der Waals surface area contributed by atoms with Crippen LogP contribution in [0.3, 0.4) is 0 Å². The molecule has 0 radical (unpaired) electrons. The maximum atomic E-state index is 13.0. The van der Waals surface area contributed by atoms with Gasteiger partial charge in [0.05, 0.1) is 10.5 Å². The van der Waals surface area contributed by atoms with Crippen LogP contribution in [0.15, 0.2) is 46.9 Å². The van der Waals surface area contributed by atoms with E-state index in [0.29, 0.717) is 16.6 Å². The Balaban J connectivity index is 2.11. The molecule has 2 aromatic carbocycles. The fourth-order valence-corrected chi connectivity index (χ4v) is 3.13. The lowest BCUT2D eigenvalue weighted by atomic mass is 10.0. The SMILES string of the molecule is Fc1ccc(Cc2c(Cl)nc3ccc(Br)cc3c2Cl)cc1. The van der Waals surface area contributed by atoms with E-state index in [1.165, 1.54) is 12.1 Å². The quantitative estimate of drug-likeness (QED) is 0.491. The third-order valence-corrected chi connectivity index (χ3v) is 4.46. The lowest BCUT2D eigenvalue weighted by Crippen LogP contribution is -1.95. The highest BCUT2D eigenvalue weighted by Crippen LogP contribution is 2.33. The Hall–Kier alpha value is -1.16. The first-order valence-corrected chi connectivity index (χ1v) is 7.77. The molecule has 0 N–H and O–H groups in total. The molecular weight excluding hydrogens is 376 g/mol. The minimum atomic E-state index is -0.267. The van der Waals surface area contributed by atoms with Crippen LogP contribution in [0.2, 0.25) is 10.2 Å². The van der Waals surface area contributed by atoms with E-state index in [-0.39, 0.29) is 5.82 Å². The first-order valence-electron chi connectivity index (χ1n) is 6.22. The lowest BCUT2D eigenvalue weighted by molar-refractivity contribution is 0.627. The van der Waals surface area contributed by atoms with Crippen molar-refractivity contribution in [3.05, 3.63) is 74.1 Å². The largest absolute Gasteiger partial charge is 0.236 e. The van der Waals surface area contributed by atoms with E-state index < -0.39 is 0 Å². The van der Waals surface area contributed by atoms with Gasteiger partial charge in [0, 0.05) is 21.8 Å². The highest BCUT2D eigenvalue weighted by molar-refractivity contribution is 9.10. The second-order valence-electron chi connectivity index (χ2n) is 4.66. The van der Waals surface area contributed by atoms with Crippen LogP contribution in [0.25, 0.3) is 10.9 Å². The maximum absolute atomic E-state index is 13.0. The van der Waals surface area contributed by atoms with Gasteiger partial charge in [0.1, 0.15) is 11.0 Å². The van der Waals surface area contributed by atoms with Crippen molar-refractivity contribution in [2.75, 3.05) is 0 Å². The van der Waals surface area contributed by atoms with Crippen LogP contribution >= 0.6 is 39.1 Å². The van der Waals surface area contributed by atoms with Gasteiger partial charge in [0.2, 0.25) is 0 Å². The minimum Gasteiger partial charge on any atom is -0.236 e. The fraction of sp³-hybridized carbons (Fsp3) is 0.0625. The highest BCUT2D eigenvalue weighted by Gasteiger charge is 2.13. The molecule has 3 aromatic rings. The first kappa shape index (κ1) is 14.8. The topological polar surface area (TPSA) is 12.9 Å². The van der Waals surface area contributed by atoms with Gasteiger partial charge in [-0.25, -0.2) is 9.37 Å². The second-order valence-corrected chi connectivity index (χ2v) is 6.31. The highest BCUT2D eigenvalue weighted by atomic mass is 79.9. The number of pyridine rings is 1. The molecule has 0 saturated carbocycles. The Morgan fingerprint density at radius 3 is 2.48 bits per heavy atom. The molecule has 106 valence electrons. The summed E-state index contributed by atoms with van der Waals surface area (Å²) >= 11 is 16.2. The zero-order valence-electron chi connectivity index (χ0n) is 10.7. The monoisotopic (exact) mass is 383 g/mol. The molecule has 21 heavy (non-hydrogen) atoms. The Morgan fingerprint density at radius 2 is 1.76 bits per heavy atom. The Labute approximate surface area is 139 Å². The lowest BCUT2D eigenvalue weighted by Gasteiger charge is -2.10. The Kier molecular flexibility index (Phi) is 4.16. The summed E-state index contributed by atoms with van der Waals surface area (Å²) in [6, 6.07) is 11.9. The van der Waals surface area contributed by atoms with Gasteiger partial charge in [-0.15, -0.1) is 0 Å². The number of hydrogen-bond donors (Lipinski definition) is 0. The zero-order chi connectivity index (χ0) is 15.0. The van der Waals surface area contributed by atoms with Crippen molar-refractivity contribution in [1.29, 1.82) is 0 Å². The van der Waals surface area contributed by atoms with Crippen molar-refractivity contribution in [2.45, 2.75) is 6.42 Å². The minimum absolute atomic E-state index is 0.267. The van der Waals surface area contributed by atoms with E-state index >= 15 is 0 Å². The van der Waals surface area contributed by atoms with Gasteiger partial charge in [0.25, 0.3) is 0 Å². The summed E-state index contributed by atoms with van der Waals surface area (Å²) in [5, 5.41) is 1.79. The maximum Gasteiger partial charge on any atom is 0.134 e. The summed E-state index contributed by atoms with van der Waals surface area (Å²) in [5.74, 6) is -0.267. The molecule has 0 amide bonds. The fourth-order valence-electron chi connectivity index (χ4n) is 2.16. The number of rotatable bonds is 2. The van der Waals surface area contributed by atoms with Crippen molar-refractivity contribution >= 4 is 50.0 Å². The van der Waals surface area contributed by atoms with Crippen molar-refractivity contribution in [3.8, 4) is 0 Å². The molecule has 0 atom stereocenters. The third kappa shape index (κ3) is 3.05. The summed E-state index contributed by atoms with van der Waals surface area (Å²) in [4.78, 5) is 4.38. The van der Waals surface area contributed by atoms with Crippen LogP contribution < -0.4 is 0 Å². The average Bonchev–Trinajstić information content (AvgIpc) is 2.46. The summed E-state index contributed by atoms with van der Waals surface area (Å²) in [6.45, 7) is 0. The van der Waals surface area contributed by atoms with Gasteiger partial charge in [-0.1, -0.05) is 51.3 Å². The van der Waals surface area contributed by atoms with Gasteiger partial charge in [-0.05, 0) is 35.9 Å².